The molecule has 0 heterocycles. The van der Waals surface area contributed by atoms with Crippen LogP contribution in [-0.2, 0) is 0 Å². The van der Waals surface area contributed by atoms with Crippen LogP contribution in [0.4, 0.5) is 0 Å². The first-order valence-corrected chi connectivity index (χ1v) is 6.53. The van der Waals surface area contributed by atoms with Gasteiger partial charge >= 0.3 is 0 Å². The molecule has 72 valence electrons. The summed E-state index contributed by atoms with van der Waals surface area (Å²) in [6.07, 6.45) is 5.14. The summed E-state index contributed by atoms with van der Waals surface area (Å²) in [5.74, 6) is 5.23. The quantitative estimate of drug-likeness (QED) is 0.634. The van der Waals surface area contributed by atoms with Crippen molar-refractivity contribution in [2.75, 3.05) is 12.0 Å². The molecule has 12 heavy (non-hydrogen) atoms. The average molecular weight is 186 g/mol. The second kappa shape index (κ2) is 4.55. The summed E-state index contributed by atoms with van der Waals surface area (Å²) >= 11 is 2.02. The summed E-state index contributed by atoms with van der Waals surface area (Å²) in [6.45, 7) is 7.28. The van der Waals surface area contributed by atoms with Crippen LogP contribution in [0.1, 0.15) is 33.6 Å². The molecule has 1 aliphatic carbocycles. The molecule has 0 spiro atoms. The maximum atomic E-state index is 2.44. The smallest absolute Gasteiger partial charge is 0.00368 e. The van der Waals surface area contributed by atoms with Crippen molar-refractivity contribution in [3.63, 3.8) is 0 Å². The van der Waals surface area contributed by atoms with Crippen molar-refractivity contribution in [2.45, 2.75) is 33.6 Å². The van der Waals surface area contributed by atoms with Crippen LogP contribution in [0.5, 0.6) is 0 Å². The Morgan fingerprint density at radius 3 is 2.00 bits per heavy atom. The minimum atomic E-state index is 0.955. The molecule has 0 bridgehead atoms. The molecular weight excluding hydrogens is 164 g/mol. The summed E-state index contributed by atoms with van der Waals surface area (Å²) < 4.78 is 0. The van der Waals surface area contributed by atoms with E-state index in [1.807, 2.05) is 11.8 Å². The van der Waals surface area contributed by atoms with Gasteiger partial charge in [0.1, 0.15) is 0 Å². The van der Waals surface area contributed by atoms with Crippen molar-refractivity contribution in [3.05, 3.63) is 0 Å². The maximum absolute atomic E-state index is 2.44. The molecule has 2 atom stereocenters. The molecule has 0 aliphatic heterocycles. The lowest BCUT2D eigenvalue weighted by molar-refractivity contribution is 0.154. The third kappa shape index (κ3) is 2.42. The van der Waals surface area contributed by atoms with E-state index in [0.29, 0.717) is 0 Å². The van der Waals surface area contributed by atoms with Gasteiger partial charge in [-0.15, -0.1) is 0 Å². The Bertz CT molecular complexity index is 121. The Morgan fingerprint density at radius 1 is 1.08 bits per heavy atom. The maximum Gasteiger partial charge on any atom is -0.00368 e. The van der Waals surface area contributed by atoms with Crippen molar-refractivity contribution in [3.8, 4) is 0 Å². The summed E-state index contributed by atoms with van der Waals surface area (Å²) in [6, 6.07) is 0. The highest BCUT2D eigenvalue weighted by molar-refractivity contribution is 7.98. The first kappa shape index (κ1) is 10.4. The molecule has 0 radical (unpaired) electrons. The minimum absolute atomic E-state index is 0.955. The van der Waals surface area contributed by atoms with Gasteiger partial charge in [-0.1, -0.05) is 20.8 Å². The highest BCUT2D eigenvalue weighted by Crippen LogP contribution is 2.38. The van der Waals surface area contributed by atoms with Crippen LogP contribution in [0.25, 0.3) is 0 Å². The first-order chi connectivity index (χ1) is 5.65. The van der Waals surface area contributed by atoms with E-state index in [9.17, 15) is 0 Å². The molecule has 0 aromatic heterocycles. The highest BCUT2D eigenvalue weighted by Gasteiger charge is 2.30. The second-order valence-corrected chi connectivity index (χ2v) is 5.56. The van der Waals surface area contributed by atoms with Gasteiger partial charge in [-0.3, -0.25) is 0 Å². The Hall–Kier alpha value is 0.350. The van der Waals surface area contributed by atoms with Gasteiger partial charge in [-0.2, -0.15) is 11.8 Å². The van der Waals surface area contributed by atoms with Gasteiger partial charge in [0.25, 0.3) is 0 Å². The SMILES string of the molecule is CSCC1C(C)CC(C)CC1C. The first-order valence-electron chi connectivity index (χ1n) is 5.14. The van der Waals surface area contributed by atoms with Gasteiger partial charge in [0, 0.05) is 0 Å². The van der Waals surface area contributed by atoms with E-state index in [1.165, 1.54) is 18.6 Å². The predicted octanol–water partition coefficient (Wildman–Crippen LogP) is 3.67. The highest BCUT2D eigenvalue weighted by atomic mass is 32.2. The lowest BCUT2D eigenvalue weighted by Gasteiger charge is -2.37. The van der Waals surface area contributed by atoms with Gasteiger partial charge in [0.05, 0.1) is 0 Å². The second-order valence-electron chi connectivity index (χ2n) is 4.65. The Kier molecular flexibility index (Phi) is 3.95. The van der Waals surface area contributed by atoms with Gasteiger partial charge < -0.3 is 0 Å². The summed E-state index contributed by atoms with van der Waals surface area (Å²) in [5, 5.41) is 0. The fourth-order valence-corrected chi connectivity index (χ4v) is 3.84. The summed E-state index contributed by atoms with van der Waals surface area (Å²) in [5.41, 5.74) is 0. The molecule has 0 nitrogen and oxygen atoms in total. The molecular formula is C11H22S. The van der Waals surface area contributed by atoms with Crippen molar-refractivity contribution < 1.29 is 0 Å². The van der Waals surface area contributed by atoms with Crippen LogP contribution in [0.15, 0.2) is 0 Å². The molecule has 1 saturated carbocycles. The molecule has 1 aliphatic rings. The van der Waals surface area contributed by atoms with E-state index in [0.717, 1.165) is 23.7 Å². The van der Waals surface area contributed by atoms with Gasteiger partial charge in [0.2, 0.25) is 0 Å². The molecule has 1 heteroatoms. The predicted molar refractivity (Wildman–Crippen MR) is 58.6 cm³/mol. The van der Waals surface area contributed by atoms with Crippen LogP contribution >= 0.6 is 11.8 Å². The van der Waals surface area contributed by atoms with Crippen molar-refractivity contribution in [2.24, 2.45) is 23.7 Å². The Morgan fingerprint density at radius 2 is 1.58 bits per heavy atom. The number of hydrogen-bond donors (Lipinski definition) is 0. The molecule has 2 unspecified atom stereocenters. The zero-order valence-corrected chi connectivity index (χ0v) is 9.66. The summed E-state index contributed by atoms with van der Waals surface area (Å²) in [4.78, 5) is 0. The minimum Gasteiger partial charge on any atom is -0.165 e. The van der Waals surface area contributed by atoms with Gasteiger partial charge in [-0.05, 0) is 48.5 Å². The number of thioether (sulfide) groups is 1. The van der Waals surface area contributed by atoms with Crippen LogP contribution in [-0.4, -0.2) is 12.0 Å². The summed E-state index contributed by atoms with van der Waals surface area (Å²) in [7, 11) is 0. The van der Waals surface area contributed by atoms with E-state index in [-0.39, 0.29) is 0 Å². The number of rotatable bonds is 2. The third-order valence-electron chi connectivity index (χ3n) is 3.37. The third-order valence-corrected chi connectivity index (χ3v) is 4.09. The fourth-order valence-electron chi connectivity index (χ4n) is 2.80. The normalized spacial score (nSPS) is 43.0. The van der Waals surface area contributed by atoms with E-state index >= 15 is 0 Å². The monoisotopic (exact) mass is 186 g/mol. The van der Waals surface area contributed by atoms with E-state index in [2.05, 4.69) is 27.0 Å². The van der Waals surface area contributed by atoms with E-state index in [1.54, 1.807) is 0 Å². The van der Waals surface area contributed by atoms with Crippen LogP contribution in [0.2, 0.25) is 0 Å². The molecule has 0 amide bonds. The van der Waals surface area contributed by atoms with E-state index in [4.69, 9.17) is 0 Å². The lowest BCUT2D eigenvalue weighted by atomic mass is 9.70. The molecule has 0 N–H and O–H groups in total. The molecule has 0 saturated heterocycles. The molecule has 0 aromatic carbocycles. The largest absolute Gasteiger partial charge is 0.165 e. The molecule has 1 rings (SSSR count). The number of hydrogen-bond acceptors (Lipinski definition) is 1. The van der Waals surface area contributed by atoms with Crippen LogP contribution in [0, 0.1) is 23.7 Å². The van der Waals surface area contributed by atoms with Gasteiger partial charge in [-0.25, -0.2) is 0 Å². The lowest BCUT2D eigenvalue weighted by Crippen LogP contribution is -2.30. The average Bonchev–Trinajstić information content (AvgIpc) is 1.96. The van der Waals surface area contributed by atoms with Crippen molar-refractivity contribution in [1.82, 2.24) is 0 Å². The Balaban J connectivity index is 2.48. The van der Waals surface area contributed by atoms with E-state index < -0.39 is 0 Å². The van der Waals surface area contributed by atoms with Crippen LogP contribution < -0.4 is 0 Å². The fraction of sp³-hybridized carbons (Fsp3) is 1.00. The van der Waals surface area contributed by atoms with Crippen LogP contribution in [0.3, 0.4) is 0 Å². The molecule has 1 fully saturated rings. The van der Waals surface area contributed by atoms with Crippen molar-refractivity contribution >= 4 is 11.8 Å². The van der Waals surface area contributed by atoms with Crippen molar-refractivity contribution in [1.29, 1.82) is 0 Å². The standard InChI is InChI=1S/C11H22S/c1-8-5-9(2)11(7-12-4)10(3)6-8/h8-11H,5-7H2,1-4H3. The van der Waals surface area contributed by atoms with Gasteiger partial charge in [0.15, 0.2) is 0 Å². The topological polar surface area (TPSA) is 0 Å². The molecule has 0 aromatic rings. The Labute approximate surface area is 81.5 Å². The zero-order chi connectivity index (χ0) is 9.14. The zero-order valence-electron chi connectivity index (χ0n) is 8.84.